The van der Waals surface area contributed by atoms with Gasteiger partial charge >= 0.3 is 0 Å². The molecule has 2 atom stereocenters. The molecule has 0 aliphatic carbocycles. The lowest BCUT2D eigenvalue weighted by Gasteiger charge is -2.17. The number of benzene rings is 1. The summed E-state index contributed by atoms with van der Waals surface area (Å²) in [6, 6.07) is 8.78. The van der Waals surface area contributed by atoms with Crippen molar-refractivity contribution in [2.24, 2.45) is 0 Å². The van der Waals surface area contributed by atoms with E-state index in [-0.39, 0.29) is 6.04 Å². The topological polar surface area (TPSA) is 45.4 Å². The number of aliphatic hydroxyl groups excluding tert-OH is 1. The average molecular weight is 300 g/mol. The van der Waals surface area contributed by atoms with Gasteiger partial charge in [0, 0.05) is 22.2 Å². The van der Waals surface area contributed by atoms with Crippen LogP contribution in [0, 0.1) is 0 Å². The number of furan rings is 1. The molecule has 19 heavy (non-hydrogen) atoms. The second-order valence-corrected chi connectivity index (χ2v) is 5.17. The second-order valence-electron chi connectivity index (χ2n) is 4.33. The lowest BCUT2D eigenvalue weighted by molar-refractivity contribution is 0.169. The molecule has 0 aliphatic rings. The Balaban J connectivity index is 1.97. The Kier molecular flexibility index (Phi) is 4.88. The molecule has 2 rings (SSSR count). The van der Waals surface area contributed by atoms with Crippen LogP contribution in [-0.2, 0) is 0 Å². The first kappa shape index (κ1) is 14.4. The van der Waals surface area contributed by atoms with E-state index in [9.17, 15) is 5.11 Å². The third-order valence-electron chi connectivity index (χ3n) is 2.90. The van der Waals surface area contributed by atoms with E-state index < -0.39 is 6.10 Å². The Morgan fingerprint density at radius 3 is 2.79 bits per heavy atom. The van der Waals surface area contributed by atoms with E-state index in [0.29, 0.717) is 22.2 Å². The van der Waals surface area contributed by atoms with E-state index in [0.717, 1.165) is 5.76 Å². The van der Waals surface area contributed by atoms with Crippen molar-refractivity contribution in [1.29, 1.82) is 0 Å². The molecule has 0 amide bonds. The van der Waals surface area contributed by atoms with Gasteiger partial charge in [-0.2, -0.15) is 0 Å². The number of hydrogen-bond donors (Lipinski definition) is 2. The van der Waals surface area contributed by atoms with Gasteiger partial charge in [-0.15, -0.1) is 0 Å². The molecule has 1 aromatic heterocycles. The Bertz CT molecular complexity index is 528. The Hall–Kier alpha value is -1.00. The van der Waals surface area contributed by atoms with E-state index in [1.807, 2.05) is 19.1 Å². The molecule has 1 unspecified atom stereocenters. The van der Waals surface area contributed by atoms with E-state index in [4.69, 9.17) is 27.6 Å². The zero-order chi connectivity index (χ0) is 13.8. The Labute approximate surface area is 122 Å². The molecule has 0 radical (unpaired) electrons. The molecule has 2 aromatic rings. The maximum Gasteiger partial charge on any atom is 0.120 e. The predicted octanol–water partition coefficient (Wildman–Crippen LogP) is 3.97. The highest BCUT2D eigenvalue weighted by Gasteiger charge is 2.14. The molecule has 1 heterocycles. The molecule has 0 fully saturated rings. The van der Waals surface area contributed by atoms with Crippen LogP contribution in [0.15, 0.2) is 41.0 Å². The maximum atomic E-state index is 10.1. The van der Waals surface area contributed by atoms with Crippen LogP contribution < -0.4 is 5.32 Å². The number of rotatable bonds is 5. The minimum Gasteiger partial charge on any atom is -0.468 e. The van der Waals surface area contributed by atoms with Gasteiger partial charge in [-0.1, -0.05) is 23.2 Å². The SMILES string of the molecule is C[C@@H](NCC(O)c1cc(Cl)ccc1Cl)c1ccco1. The molecule has 2 N–H and O–H groups in total. The summed E-state index contributed by atoms with van der Waals surface area (Å²) in [7, 11) is 0. The molecule has 0 bridgehead atoms. The highest BCUT2D eigenvalue weighted by atomic mass is 35.5. The summed E-state index contributed by atoms with van der Waals surface area (Å²) in [6.45, 7) is 2.33. The zero-order valence-electron chi connectivity index (χ0n) is 10.4. The largest absolute Gasteiger partial charge is 0.468 e. The standard InChI is InChI=1S/C14H15Cl2NO2/c1-9(14-3-2-6-19-14)17-8-13(18)11-7-10(15)4-5-12(11)16/h2-7,9,13,17-18H,8H2,1H3/t9-,13?/m1/s1. The third-order valence-corrected chi connectivity index (χ3v) is 3.48. The molecule has 102 valence electrons. The zero-order valence-corrected chi connectivity index (χ0v) is 11.9. The van der Waals surface area contributed by atoms with Crippen molar-refractivity contribution in [1.82, 2.24) is 5.32 Å². The maximum absolute atomic E-state index is 10.1. The number of halogens is 2. The lowest BCUT2D eigenvalue weighted by atomic mass is 10.1. The molecular weight excluding hydrogens is 285 g/mol. The van der Waals surface area contributed by atoms with Gasteiger partial charge in [0.05, 0.1) is 18.4 Å². The van der Waals surface area contributed by atoms with Crippen LogP contribution in [0.5, 0.6) is 0 Å². The summed E-state index contributed by atoms with van der Waals surface area (Å²) in [5, 5.41) is 14.4. The minimum absolute atomic E-state index is 0.0163. The normalized spacial score (nSPS) is 14.3. The summed E-state index contributed by atoms with van der Waals surface area (Å²) >= 11 is 11.9. The first-order chi connectivity index (χ1) is 9.08. The van der Waals surface area contributed by atoms with Crippen LogP contribution in [-0.4, -0.2) is 11.7 Å². The van der Waals surface area contributed by atoms with Gasteiger partial charge < -0.3 is 14.8 Å². The van der Waals surface area contributed by atoms with Gasteiger partial charge in [0.2, 0.25) is 0 Å². The van der Waals surface area contributed by atoms with Crippen molar-refractivity contribution in [3.8, 4) is 0 Å². The summed E-state index contributed by atoms with van der Waals surface area (Å²) in [5.41, 5.74) is 0.619. The minimum atomic E-state index is -0.719. The highest BCUT2D eigenvalue weighted by Crippen LogP contribution is 2.26. The van der Waals surface area contributed by atoms with Gasteiger partial charge in [0.1, 0.15) is 5.76 Å². The van der Waals surface area contributed by atoms with Crippen LogP contribution >= 0.6 is 23.2 Å². The molecule has 0 spiro atoms. The fourth-order valence-corrected chi connectivity index (χ4v) is 2.23. The van der Waals surface area contributed by atoms with Crippen molar-refractivity contribution >= 4 is 23.2 Å². The summed E-state index contributed by atoms with van der Waals surface area (Å²) < 4.78 is 5.28. The summed E-state index contributed by atoms with van der Waals surface area (Å²) in [4.78, 5) is 0. The first-order valence-corrected chi connectivity index (χ1v) is 6.73. The Morgan fingerprint density at radius 2 is 2.11 bits per heavy atom. The molecule has 0 saturated heterocycles. The predicted molar refractivity (Wildman–Crippen MR) is 76.5 cm³/mol. The summed E-state index contributed by atoms with van der Waals surface area (Å²) in [6.07, 6.45) is 0.904. The van der Waals surface area contributed by atoms with Crippen LogP contribution in [0.25, 0.3) is 0 Å². The lowest BCUT2D eigenvalue weighted by Crippen LogP contribution is -2.24. The number of aliphatic hydroxyl groups is 1. The van der Waals surface area contributed by atoms with Crippen LogP contribution in [0.2, 0.25) is 10.0 Å². The third kappa shape index (κ3) is 3.74. The van der Waals surface area contributed by atoms with Crippen molar-refractivity contribution < 1.29 is 9.52 Å². The molecular formula is C14H15Cl2NO2. The second kappa shape index (κ2) is 6.44. The highest BCUT2D eigenvalue weighted by molar-refractivity contribution is 6.33. The smallest absolute Gasteiger partial charge is 0.120 e. The molecule has 0 saturated carbocycles. The molecule has 5 heteroatoms. The quantitative estimate of drug-likeness (QED) is 0.878. The van der Waals surface area contributed by atoms with Crippen molar-refractivity contribution in [3.05, 3.63) is 58.0 Å². The number of nitrogens with one attached hydrogen (secondary N) is 1. The van der Waals surface area contributed by atoms with Gasteiger partial charge in [-0.25, -0.2) is 0 Å². The monoisotopic (exact) mass is 299 g/mol. The van der Waals surface area contributed by atoms with Gasteiger partial charge in [-0.3, -0.25) is 0 Å². The van der Waals surface area contributed by atoms with E-state index in [1.54, 1.807) is 24.5 Å². The fraction of sp³-hybridized carbons (Fsp3) is 0.286. The van der Waals surface area contributed by atoms with E-state index in [1.165, 1.54) is 0 Å². The van der Waals surface area contributed by atoms with Crippen molar-refractivity contribution in [3.63, 3.8) is 0 Å². The van der Waals surface area contributed by atoms with Crippen molar-refractivity contribution in [2.75, 3.05) is 6.54 Å². The molecule has 0 aliphatic heterocycles. The van der Waals surface area contributed by atoms with Gasteiger partial charge in [0.25, 0.3) is 0 Å². The molecule has 3 nitrogen and oxygen atoms in total. The van der Waals surface area contributed by atoms with Crippen molar-refractivity contribution in [2.45, 2.75) is 19.1 Å². The van der Waals surface area contributed by atoms with Crippen LogP contribution in [0.3, 0.4) is 0 Å². The van der Waals surface area contributed by atoms with Crippen LogP contribution in [0.4, 0.5) is 0 Å². The molecule has 1 aromatic carbocycles. The first-order valence-electron chi connectivity index (χ1n) is 5.97. The van der Waals surface area contributed by atoms with Gasteiger partial charge in [0.15, 0.2) is 0 Å². The average Bonchev–Trinajstić information content (AvgIpc) is 2.92. The van der Waals surface area contributed by atoms with Crippen LogP contribution in [0.1, 0.15) is 30.4 Å². The summed E-state index contributed by atoms with van der Waals surface area (Å²) in [5.74, 6) is 0.824. The van der Waals surface area contributed by atoms with E-state index in [2.05, 4.69) is 5.32 Å². The van der Waals surface area contributed by atoms with Gasteiger partial charge in [-0.05, 0) is 37.3 Å². The fourth-order valence-electron chi connectivity index (χ4n) is 1.81. The number of hydrogen-bond acceptors (Lipinski definition) is 3. The Morgan fingerprint density at radius 1 is 1.32 bits per heavy atom. The van der Waals surface area contributed by atoms with E-state index >= 15 is 0 Å².